The van der Waals surface area contributed by atoms with E-state index in [4.69, 9.17) is 5.73 Å². The molecule has 0 spiro atoms. The lowest BCUT2D eigenvalue weighted by Crippen LogP contribution is -2.15. The first-order valence-electron chi connectivity index (χ1n) is 4.14. The van der Waals surface area contributed by atoms with E-state index in [1.54, 1.807) is 0 Å². The highest BCUT2D eigenvalue weighted by Crippen LogP contribution is 2.19. The van der Waals surface area contributed by atoms with Gasteiger partial charge in [0.15, 0.2) is 0 Å². The minimum Gasteiger partial charge on any atom is -0.465 e. The topological polar surface area (TPSA) is 113 Å². The minimum absolute atomic E-state index is 0.0295. The molecule has 0 fully saturated rings. The van der Waals surface area contributed by atoms with Gasteiger partial charge >= 0.3 is 5.97 Å². The molecule has 0 radical (unpaired) electrons. The number of primary amides is 1. The molecule has 0 aliphatic heterocycles. The van der Waals surface area contributed by atoms with Crippen LogP contribution in [0.4, 0.5) is 5.69 Å². The van der Waals surface area contributed by atoms with Crippen molar-refractivity contribution in [2.24, 2.45) is 5.73 Å². The van der Waals surface area contributed by atoms with Crippen LogP contribution in [-0.4, -0.2) is 23.9 Å². The molecule has 1 aromatic carbocycles. The number of rotatable bonds is 3. The van der Waals surface area contributed by atoms with Crippen LogP contribution in [0.25, 0.3) is 0 Å². The summed E-state index contributed by atoms with van der Waals surface area (Å²) in [5, 5.41) is 10.6. The number of nitro benzene ring substituents is 1. The third kappa shape index (κ3) is 2.14. The molecule has 7 heteroatoms. The Morgan fingerprint density at radius 1 is 1.44 bits per heavy atom. The van der Waals surface area contributed by atoms with Crippen molar-refractivity contribution in [2.45, 2.75) is 0 Å². The monoisotopic (exact) mass is 224 g/mol. The Labute approximate surface area is 90.0 Å². The Bertz CT molecular complexity index is 469. The molecular weight excluding hydrogens is 216 g/mol. The van der Waals surface area contributed by atoms with Crippen molar-refractivity contribution in [1.82, 2.24) is 0 Å². The first kappa shape index (κ1) is 11.6. The molecule has 0 saturated heterocycles. The Morgan fingerprint density at radius 2 is 2.06 bits per heavy atom. The summed E-state index contributed by atoms with van der Waals surface area (Å²) < 4.78 is 4.41. The van der Waals surface area contributed by atoms with Gasteiger partial charge in [-0.25, -0.2) is 4.79 Å². The quantitative estimate of drug-likeness (QED) is 0.455. The molecule has 0 unspecified atom stereocenters. The standard InChI is InChI=1S/C9H8N2O5/c1-16-9(13)5-2-3-7(11(14)15)6(4-5)8(10)12/h2-4H,1H3,(H2,10,12). The zero-order chi connectivity index (χ0) is 12.3. The zero-order valence-corrected chi connectivity index (χ0v) is 8.30. The molecule has 0 aliphatic rings. The van der Waals surface area contributed by atoms with Gasteiger partial charge in [-0.15, -0.1) is 0 Å². The van der Waals surface area contributed by atoms with Crippen LogP contribution < -0.4 is 5.73 Å². The first-order chi connectivity index (χ1) is 7.47. The van der Waals surface area contributed by atoms with Gasteiger partial charge < -0.3 is 10.5 Å². The normalized spacial score (nSPS) is 9.56. The van der Waals surface area contributed by atoms with E-state index in [2.05, 4.69) is 4.74 Å². The van der Waals surface area contributed by atoms with Gasteiger partial charge in [-0.05, 0) is 12.1 Å². The van der Waals surface area contributed by atoms with Gasteiger partial charge in [-0.2, -0.15) is 0 Å². The summed E-state index contributed by atoms with van der Waals surface area (Å²) in [6.45, 7) is 0. The molecule has 84 valence electrons. The van der Waals surface area contributed by atoms with Gasteiger partial charge in [-0.3, -0.25) is 14.9 Å². The molecule has 7 nitrogen and oxygen atoms in total. The van der Waals surface area contributed by atoms with Crippen molar-refractivity contribution < 1.29 is 19.2 Å². The van der Waals surface area contributed by atoms with Crippen molar-refractivity contribution in [3.05, 3.63) is 39.4 Å². The van der Waals surface area contributed by atoms with E-state index < -0.39 is 22.5 Å². The number of ether oxygens (including phenoxy) is 1. The minimum atomic E-state index is -0.975. The highest BCUT2D eigenvalue weighted by Gasteiger charge is 2.20. The molecule has 1 amide bonds. The second-order valence-corrected chi connectivity index (χ2v) is 2.84. The number of carbonyl (C=O) groups excluding carboxylic acids is 2. The lowest BCUT2D eigenvalue weighted by Gasteiger charge is -2.02. The van der Waals surface area contributed by atoms with Crippen LogP contribution >= 0.6 is 0 Å². The molecule has 0 heterocycles. The number of esters is 1. The average Bonchev–Trinajstić information content (AvgIpc) is 2.26. The summed E-state index contributed by atoms with van der Waals surface area (Å²) >= 11 is 0. The predicted octanol–water partition coefficient (Wildman–Crippen LogP) is 0.480. The number of methoxy groups -OCH3 is 1. The summed E-state index contributed by atoms with van der Waals surface area (Å²) in [4.78, 5) is 31.9. The van der Waals surface area contributed by atoms with E-state index in [0.29, 0.717) is 0 Å². The summed E-state index contributed by atoms with van der Waals surface area (Å²) in [5.41, 5.74) is 4.23. The molecule has 1 aromatic rings. The lowest BCUT2D eigenvalue weighted by atomic mass is 10.1. The second kappa shape index (κ2) is 4.39. The smallest absolute Gasteiger partial charge is 0.337 e. The second-order valence-electron chi connectivity index (χ2n) is 2.84. The van der Waals surface area contributed by atoms with E-state index >= 15 is 0 Å². The average molecular weight is 224 g/mol. The maximum absolute atomic E-state index is 11.1. The lowest BCUT2D eigenvalue weighted by molar-refractivity contribution is -0.385. The number of hydrogen-bond donors (Lipinski definition) is 1. The van der Waals surface area contributed by atoms with Crippen LogP contribution in [0, 0.1) is 10.1 Å². The van der Waals surface area contributed by atoms with Crippen molar-refractivity contribution in [1.29, 1.82) is 0 Å². The number of nitro groups is 1. The van der Waals surface area contributed by atoms with Crippen molar-refractivity contribution in [2.75, 3.05) is 7.11 Å². The fraction of sp³-hybridized carbons (Fsp3) is 0.111. The fourth-order valence-corrected chi connectivity index (χ4v) is 1.14. The third-order valence-corrected chi connectivity index (χ3v) is 1.88. The highest BCUT2D eigenvalue weighted by atomic mass is 16.6. The number of nitrogens with zero attached hydrogens (tertiary/aromatic N) is 1. The molecule has 0 bridgehead atoms. The van der Waals surface area contributed by atoms with Crippen molar-refractivity contribution in [3.8, 4) is 0 Å². The van der Waals surface area contributed by atoms with Crippen LogP contribution in [0.15, 0.2) is 18.2 Å². The summed E-state index contributed by atoms with van der Waals surface area (Å²) in [7, 11) is 1.16. The number of hydrogen-bond acceptors (Lipinski definition) is 5. The predicted molar refractivity (Wildman–Crippen MR) is 53.0 cm³/mol. The first-order valence-corrected chi connectivity index (χ1v) is 4.14. The largest absolute Gasteiger partial charge is 0.465 e. The SMILES string of the molecule is COC(=O)c1ccc([N+](=O)[O-])c(C(N)=O)c1. The molecule has 0 aliphatic carbocycles. The van der Waals surface area contributed by atoms with E-state index in [1.165, 1.54) is 6.07 Å². The summed E-state index contributed by atoms with van der Waals surface area (Å²) in [6.07, 6.45) is 0. The van der Waals surface area contributed by atoms with Gasteiger partial charge in [0.1, 0.15) is 5.56 Å². The molecule has 16 heavy (non-hydrogen) atoms. The fourth-order valence-electron chi connectivity index (χ4n) is 1.14. The number of carbonyl (C=O) groups is 2. The maximum atomic E-state index is 11.1. The Morgan fingerprint density at radius 3 is 2.50 bits per heavy atom. The van der Waals surface area contributed by atoms with Crippen molar-refractivity contribution >= 4 is 17.6 Å². The summed E-state index contributed by atoms with van der Waals surface area (Å²) in [6, 6.07) is 3.26. The number of nitrogens with two attached hydrogens (primary N) is 1. The number of benzene rings is 1. The van der Waals surface area contributed by atoms with Crippen molar-refractivity contribution in [3.63, 3.8) is 0 Å². The molecule has 0 atom stereocenters. The van der Waals surface area contributed by atoms with Gasteiger partial charge in [0.05, 0.1) is 17.6 Å². The van der Waals surface area contributed by atoms with Crippen LogP contribution in [0.2, 0.25) is 0 Å². The van der Waals surface area contributed by atoms with Gasteiger partial charge in [0.2, 0.25) is 0 Å². The van der Waals surface area contributed by atoms with Crippen LogP contribution in [-0.2, 0) is 4.74 Å². The molecule has 0 saturated carbocycles. The number of amides is 1. The molecule has 1 rings (SSSR count). The highest BCUT2D eigenvalue weighted by molar-refractivity contribution is 6.00. The zero-order valence-electron chi connectivity index (χ0n) is 8.30. The molecule has 2 N–H and O–H groups in total. The van der Waals surface area contributed by atoms with Crippen LogP contribution in [0.1, 0.15) is 20.7 Å². The van der Waals surface area contributed by atoms with Gasteiger partial charge in [0.25, 0.3) is 11.6 Å². The van der Waals surface area contributed by atoms with Gasteiger partial charge in [0, 0.05) is 6.07 Å². The van der Waals surface area contributed by atoms with Crippen LogP contribution in [0.3, 0.4) is 0 Å². The van der Waals surface area contributed by atoms with E-state index in [1.807, 2.05) is 0 Å². The summed E-state index contributed by atoms with van der Waals surface area (Å²) in [5.74, 6) is -1.67. The Balaban J connectivity index is 3.34. The maximum Gasteiger partial charge on any atom is 0.337 e. The van der Waals surface area contributed by atoms with Crippen LogP contribution in [0.5, 0.6) is 0 Å². The third-order valence-electron chi connectivity index (χ3n) is 1.88. The molecule has 0 aromatic heterocycles. The van der Waals surface area contributed by atoms with E-state index in [9.17, 15) is 19.7 Å². The molecular formula is C9H8N2O5. The Hall–Kier alpha value is -2.44. The van der Waals surface area contributed by atoms with Gasteiger partial charge in [-0.1, -0.05) is 0 Å². The van der Waals surface area contributed by atoms with E-state index in [-0.39, 0.29) is 11.1 Å². The van der Waals surface area contributed by atoms with E-state index in [0.717, 1.165) is 19.2 Å². The Kier molecular flexibility index (Phi) is 3.19.